The summed E-state index contributed by atoms with van der Waals surface area (Å²) in [6.45, 7) is 7.48. The van der Waals surface area contributed by atoms with E-state index in [2.05, 4.69) is 57.4 Å². The average Bonchev–Trinajstić information content (AvgIpc) is 2.27. The fourth-order valence-corrected chi connectivity index (χ4v) is 1.39. The SMILES string of the molecule is CC(C)C(C)CNc1nc(NN)ncc1Br. The van der Waals surface area contributed by atoms with Crippen molar-refractivity contribution in [3.05, 3.63) is 10.7 Å². The Morgan fingerprint density at radius 3 is 2.69 bits per heavy atom. The summed E-state index contributed by atoms with van der Waals surface area (Å²) < 4.78 is 0.836. The second-order valence-electron chi connectivity index (χ2n) is 4.14. The van der Waals surface area contributed by atoms with Crippen LogP contribution in [0, 0.1) is 11.8 Å². The highest BCUT2D eigenvalue weighted by Crippen LogP contribution is 2.20. The van der Waals surface area contributed by atoms with Crippen LogP contribution in [0.4, 0.5) is 11.8 Å². The standard InChI is InChI=1S/C10H18BrN5/c1-6(2)7(3)4-13-9-8(11)5-14-10(15-9)16-12/h5-7H,4,12H2,1-3H3,(H2,13,14,15,16). The molecule has 0 aliphatic heterocycles. The smallest absolute Gasteiger partial charge is 0.239 e. The third-order valence-corrected chi connectivity index (χ3v) is 3.18. The topological polar surface area (TPSA) is 75.9 Å². The summed E-state index contributed by atoms with van der Waals surface area (Å²) >= 11 is 3.39. The zero-order valence-electron chi connectivity index (χ0n) is 9.79. The Morgan fingerprint density at radius 1 is 1.44 bits per heavy atom. The molecule has 1 aromatic heterocycles. The van der Waals surface area contributed by atoms with Gasteiger partial charge in [0.15, 0.2) is 0 Å². The van der Waals surface area contributed by atoms with E-state index in [1.807, 2.05) is 0 Å². The summed E-state index contributed by atoms with van der Waals surface area (Å²) in [5.41, 5.74) is 2.42. The summed E-state index contributed by atoms with van der Waals surface area (Å²) in [6.07, 6.45) is 1.67. The number of anilines is 2. The van der Waals surface area contributed by atoms with Crippen LogP contribution >= 0.6 is 15.9 Å². The number of aromatic nitrogens is 2. The zero-order chi connectivity index (χ0) is 12.1. The molecule has 1 rings (SSSR count). The molecule has 4 N–H and O–H groups in total. The summed E-state index contributed by atoms with van der Waals surface area (Å²) in [5.74, 6) is 7.64. The summed E-state index contributed by atoms with van der Waals surface area (Å²) in [6, 6.07) is 0. The van der Waals surface area contributed by atoms with Crippen molar-refractivity contribution in [1.29, 1.82) is 0 Å². The van der Waals surface area contributed by atoms with Gasteiger partial charge in [0, 0.05) is 12.7 Å². The molecule has 0 aliphatic carbocycles. The number of rotatable bonds is 5. The first-order chi connectivity index (χ1) is 7.54. The molecular weight excluding hydrogens is 270 g/mol. The highest BCUT2D eigenvalue weighted by Gasteiger charge is 2.09. The van der Waals surface area contributed by atoms with Gasteiger partial charge in [0.25, 0.3) is 0 Å². The highest BCUT2D eigenvalue weighted by atomic mass is 79.9. The second kappa shape index (κ2) is 6.00. The molecular formula is C10H18BrN5. The number of nitrogen functional groups attached to an aromatic ring is 1. The normalized spacial score (nSPS) is 12.6. The van der Waals surface area contributed by atoms with Gasteiger partial charge < -0.3 is 5.32 Å². The van der Waals surface area contributed by atoms with Crippen molar-refractivity contribution in [3.63, 3.8) is 0 Å². The van der Waals surface area contributed by atoms with Crippen molar-refractivity contribution in [2.24, 2.45) is 17.7 Å². The van der Waals surface area contributed by atoms with Gasteiger partial charge in [-0.15, -0.1) is 0 Å². The number of hydrogen-bond acceptors (Lipinski definition) is 5. The first kappa shape index (κ1) is 13.2. The van der Waals surface area contributed by atoms with E-state index in [1.165, 1.54) is 0 Å². The fourth-order valence-electron chi connectivity index (χ4n) is 1.05. The Bertz CT molecular complexity index is 342. The molecule has 0 radical (unpaired) electrons. The third-order valence-electron chi connectivity index (χ3n) is 2.60. The van der Waals surface area contributed by atoms with Gasteiger partial charge in [-0.3, -0.25) is 5.43 Å². The Kier molecular flexibility index (Phi) is 4.95. The maximum atomic E-state index is 5.25. The van der Waals surface area contributed by atoms with Crippen LogP contribution in [0.2, 0.25) is 0 Å². The number of hydrogen-bond donors (Lipinski definition) is 3. The van der Waals surface area contributed by atoms with Crippen LogP contribution in [0.15, 0.2) is 10.7 Å². The molecule has 0 saturated carbocycles. The van der Waals surface area contributed by atoms with Gasteiger partial charge in [-0.05, 0) is 27.8 Å². The first-order valence-corrected chi connectivity index (χ1v) is 6.07. The Balaban J connectivity index is 2.65. The van der Waals surface area contributed by atoms with Crippen molar-refractivity contribution in [3.8, 4) is 0 Å². The molecule has 6 heteroatoms. The maximum absolute atomic E-state index is 5.25. The number of halogens is 1. The molecule has 0 bridgehead atoms. The Hall–Kier alpha value is -0.880. The van der Waals surface area contributed by atoms with Crippen molar-refractivity contribution in [2.75, 3.05) is 17.3 Å². The van der Waals surface area contributed by atoms with Gasteiger partial charge in [0.1, 0.15) is 5.82 Å². The fraction of sp³-hybridized carbons (Fsp3) is 0.600. The predicted molar refractivity (Wildman–Crippen MR) is 70.0 cm³/mol. The lowest BCUT2D eigenvalue weighted by Crippen LogP contribution is -2.18. The highest BCUT2D eigenvalue weighted by molar-refractivity contribution is 9.10. The maximum Gasteiger partial charge on any atom is 0.239 e. The molecule has 0 fully saturated rings. The van der Waals surface area contributed by atoms with Crippen LogP contribution in [-0.4, -0.2) is 16.5 Å². The first-order valence-electron chi connectivity index (χ1n) is 5.27. The van der Waals surface area contributed by atoms with Crippen molar-refractivity contribution >= 4 is 27.7 Å². The Morgan fingerprint density at radius 2 is 2.12 bits per heavy atom. The molecule has 0 amide bonds. The van der Waals surface area contributed by atoms with E-state index < -0.39 is 0 Å². The van der Waals surface area contributed by atoms with E-state index in [4.69, 9.17) is 5.84 Å². The third kappa shape index (κ3) is 3.61. The molecule has 5 nitrogen and oxygen atoms in total. The number of hydrazine groups is 1. The molecule has 0 spiro atoms. The molecule has 90 valence electrons. The minimum absolute atomic E-state index is 0.405. The molecule has 0 aliphatic rings. The van der Waals surface area contributed by atoms with E-state index in [0.29, 0.717) is 17.8 Å². The van der Waals surface area contributed by atoms with E-state index in [1.54, 1.807) is 6.20 Å². The van der Waals surface area contributed by atoms with Gasteiger partial charge >= 0.3 is 0 Å². The van der Waals surface area contributed by atoms with Crippen molar-refractivity contribution in [1.82, 2.24) is 9.97 Å². The van der Waals surface area contributed by atoms with E-state index in [-0.39, 0.29) is 0 Å². The molecule has 0 saturated heterocycles. The second-order valence-corrected chi connectivity index (χ2v) is 4.99. The number of nitrogens with two attached hydrogens (primary N) is 1. The van der Waals surface area contributed by atoms with E-state index in [0.717, 1.165) is 16.8 Å². The number of nitrogens with zero attached hydrogens (tertiary/aromatic N) is 2. The lowest BCUT2D eigenvalue weighted by molar-refractivity contribution is 0.439. The van der Waals surface area contributed by atoms with Crippen LogP contribution in [0.3, 0.4) is 0 Å². The lowest BCUT2D eigenvalue weighted by atomic mass is 9.98. The van der Waals surface area contributed by atoms with Crippen molar-refractivity contribution < 1.29 is 0 Å². The van der Waals surface area contributed by atoms with Crippen LogP contribution in [0.1, 0.15) is 20.8 Å². The van der Waals surface area contributed by atoms with Crippen LogP contribution in [0.5, 0.6) is 0 Å². The van der Waals surface area contributed by atoms with Gasteiger partial charge in [-0.25, -0.2) is 10.8 Å². The van der Waals surface area contributed by atoms with Crippen LogP contribution in [-0.2, 0) is 0 Å². The van der Waals surface area contributed by atoms with Crippen LogP contribution < -0.4 is 16.6 Å². The van der Waals surface area contributed by atoms with E-state index in [9.17, 15) is 0 Å². The minimum Gasteiger partial charge on any atom is -0.369 e. The van der Waals surface area contributed by atoms with Gasteiger partial charge in [0.05, 0.1) is 4.47 Å². The summed E-state index contributed by atoms with van der Waals surface area (Å²) in [5, 5.41) is 3.28. The van der Waals surface area contributed by atoms with Crippen molar-refractivity contribution in [2.45, 2.75) is 20.8 Å². The van der Waals surface area contributed by atoms with Gasteiger partial charge in [0.2, 0.25) is 5.95 Å². The Labute approximate surface area is 104 Å². The summed E-state index contributed by atoms with van der Waals surface area (Å²) in [4.78, 5) is 8.20. The molecule has 1 aromatic rings. The van der Waals surface area contributed by atoms with E-state index >= 15 is 0 Å². The summed E-state index contributed by atoms with van der Waals surface area (Å²) in [7, 11) is 0. The monoisotopic (exact) mass is 287 g/mol. The number of nitrogens with one attached hydrogen (secondary N) is 2. The lowest BCUT2D eigenvalue weighted by Gasteiger charge is -2.17. The van der Waals surface area contributed by atoms with Gasteiger partial charge in [-0.2, -0.15) is 4.98 Å². The zero-order valence-corrected chi connectivity index (χ0v) is 11.4. The predicted octanol–water partition coefficient (Wildman–Crippen LogP) is 2.23. The van der Waals surface area contributed by atoms with Gasteiger partial charge in [-0.1, -0.05) is 20.8 Å². The minimum atomic E-state index is 0.405. The molecule has 16 heavy (non-hydrogen) atoms. The average molecular weight is 288 g/mol. The largest absolute Gasteiger partial charge is 0.369 e. The quantitative estimate of drug-likeness (QED) is 0.572. The molecule has 1 heterocycles. The molecule has 1 atom stereocenters. The molecule has 0 aromatic carbocycles. The van der Waals surface area contributed by atoms with Crippen LogP contribution in [0.25, 0.3) is 0 Å². The molecule has 1 unspecified atom stereocenters.